The third-order valence-electron chi connectivity index (χ3n) is 2.41. The van der Waals surface area contributed by atoms with E-state index in [9.17, 15) is 4.79 Å². The van der Waals surface area contributed by atoms with E-state index in [2.05, 4.69) is 17.2 Å². The number of hydrogen-bond acceptors (Lipinski definition) is 4. The maximum Gasteiger partial charge on any atom is 0.408 e. The minimum atomic E-state index is -0.523. The van der Waals surface area contributed by atoms with Crippen molar-refractivity contribution in [1.82, 2.24) is 5.32 Å². The monoisotopic (exact) mass is 291 g/mol. The van der Waals surface area contributed by atoms with E-state index in [1.54, 1.807) is 39.0 Å². The Morgan fingerprint density at radius 3 is 2.67 bits per heavy atom. The highest BCUT2D eigenvalue weighted by Gasteiger charge is 2.14. The SMILES string of the molecule is COc1cc(C#CCNC(=O)OC(C)(C)C)ccc1CO. The molecule has 1 amide bonds. The summed E-state index contributed by atoms with van der Waals surface area (Å²) in [5, 5.41) is 11.7. The van der Waals surface area contributed by atoms with Gasteiger partial charge >= 0.3 is 6.09 Å². The Bertz CT molecular complexity index is 550. The second-order valence-corrected chi connectivity index (χ2v) is 5.34. The van der Waals surface area contributed by atoms with E-state index in [1.807, 2.05) is 0 Å². The molecule has 0 unspecified atom stereocenters. The first-order valence-corrected chi connectivity index (χ1v) is 6.59. The van der Waals surface area contributed by atoms with Crippen molar-refractivity contribution in [2.75, 3.05) is 13.7 Å². The smallest absolute Gasteiger partial charge is 0.408 e. The molecule has 0 atom stereocenters. The quantitative estimate of drug-likeness (QED) is 0.837. The highest BCUT2D eigenvalue weighted by molar-refractivity contribution is 5.68. The van der Waals surface area contributed by atoms with E-state index in [1.165, 1.54) is 7.11 Å². The zero-order valence-corrected chi connectivity index (χ0v) is 12.8. The van der Waals surface area contributed by atoms with Gasteiger partial charge in [-0.25, -0.2) is 4.79 Å². The Labute approximate surface area is 125 Å². The van der Waals surface area contributed by atoms with Crippen LogP contribution in [0.4, 0.5) is 4.79 Å². The summed E-state index contributed by atoms with van der Waals surface area (Å²) in [6, 6.07) is 5.28. The number of aliphatic hydroxyl groups excluding tert-OH is 1. The van der Waals surface area contributed by atoms with Gasteiger partial charge in [-0.3, -0.25) is 0 Å². The van der Waals surface area contributed by atoms with E-state index < -0.39 is 11.7 Å². The Kier molecular flexibility index (Phi) is 6.07. The minimum absolute atomic E-state index is 0.0862. The third-order valence-corrected chi connectivity index (χ3v) is 2.41. The Hall–Kier alpha value is -2.19. The van der Waals surface area contributed by atoms with Crippen LogP contribution >= 0.6 is 0 Å². The summed E-state index contributed by atoms with van der Waals surface area (Å²) in [5.74, 6) is 6.32. The van der Waals surface area contributed by atoms with Gasteiger partial charge < -0.3 is 19.9 Å². The van der Waals surface area contributed by atoms with Gasteiger partial charge in [0, 0.05) is 11.1 Å². The first-order chi connectivity index (χ1) is 9.85. The van der Waals surface area contributed by atoms with Crippen molar-refractivity contribution in [3.8, 4) is 17.6 Å². The zero-order chi connectivity index (χ0) is 15.9. The van der Waals surface area contributed by atoms with Crippen molar-refractivity contribution in [2.45, 2.75) is 33.0 Å². The van der Waals surface area contributed by atoms with Crippen LogP contribution in [0.1, 0.15) is 31.9 Å². The molecular formula is C16H21NO4. The summed E-state index contributed by atoms with van der Waals surface area (Å²) < 4.78 is 10.2. The molecule has 0 heterocycles. The summed E-state index contributed by atoms with van der Waals surface area (Å²) in [5.41, 5.74) is 0.926. The molecule has 0 spiro atoms. The zero-order valence-electron chi connectivity index (χ0n) is 12.8. The lowest BCUT2D eigenvalue weighted by Crippen LogP contribution is -2.32. The van der Waals surface area contributed by atoms with E-state index in [0.717, 1.165) is 5.56 Å². The summed E-state index contributed by atoms with van der Waals surface area (Å²) >= 11 is 0. The largest absolute Gasteiger partial charge is 0.496 e. The summed E-state index contributed by atoms with van der Waals surface area (Å²) in [6.45, 7) is 5.50. The fourth-order valence-corrected chi connectivity index (χ4v) is 1.53. The fourth-order valence-electron chi connectivity index (χ4n) is 1.53. The molecule has 5 heteroatoms. The summed E-state index contributed by atoms with van der Waals surface area (Å²) in [6.07, 6.45) is -0.495. The second-order valence-electron chi connectivity index (χ2n) is 5.34. The van der Waals surface area contributed by atoms with Gasteiger partial charge in [0.1, 0.15) is 11.4 Å². The number of aliphatic hydroxyl groups is 1. The molecule has 0 radical (unpaired) electrons. The number of alkyl carbamates (subject to hydrolysis) is 1. The third kappa shape index (κ3) is 6.19. The standard InChI is InChI=1S/C16H21NO4/c1-16(2,3)21-15(19)17-9-5-6-12-7-8-13(11-18)14(10-12)20-4/h7-8,10,18H,9,11H2,1-4H3,(H,17,19). The normalized spacial score (nSPS) is 10.3. The molecule has 0 aliphatic carbocycles. The lowest BCUT2D eigenvalue weighted by molar-refractivity contribution is 0.0535. The van der Waals surface area contributed by atoms with Crippen LogP contribution < -0.4 is 10.1 Å². The van der Waals surface area contributed by atoms with E-state index in [-0.39, 0.29) is 13.2 Å². The molecule has 0 fully saturated rings. The Morgan fingerprint density at radius 2 is 2.10 bits per heavy atom. The van der Waals surface area contributed by atoms with Crippen LogP contribution in [0.5, 0.6) is 5.75 Å². The average Bonchev–Trinajstić information content (AvgIpc) is 2.41. The number of methoxy groups -OCH3 is 1. The number of hydrogen-bond donors (Lipinski definition) is 2. The van der Waals surface area contributed by atoms with Crippen LogP contribution in [0.25, 0.3) is 0 Å². The Morgan fingerprint density at radius 1 is 1.38 bits per heavy atom. The van der Waals surface area contributed by atoms with Crippen molar-refractivity contribution < 1.29 is 19.4 Å². The van der Waals surface area contributed by atoms with Crippen molar-refractivity contribution >= 4 is 6.09 Å². The minimum Gasteiger partial charge on any atom is -0.496 e. The molecule has 21 heavy (non-hydrogen) atoms. The van der Waals surface area contributed by atoms with Crippen LogP contribution in [0, 0.1) is 11.8 Å². The van der Waals surface area contributed by atoms with E-state index >= 15 is 0 Å². The van der Waals surface area contributed by atoms with Gasteiger partial charge in [-0.1, -0.05) is 17.9 Å². The predicted octanol–water partition coefficient (Wildman–Crippen LogP) is 2.06. The summed E-state index contributed by atoms with van der Waals surface area (Å²) in [4.78, 5) is 11.4. The van der Waals surface area contributed by atoms with Crippen LogP contribution in [-0.2, 0) is 11.3 Å². The first kappa shape index (κ1) is 16.9. The number of carbonyl (C=O) groups is 1. The van der Waals surface area contributed by atoms with Gasteiger partial charge in [0.2, 0.25) is 0 Å². The number of benzene rings is 1. The number of carbonyl (C=O) groups excluding carboxylic acids is 1. The fraction of sp³-hybridized carbons (Fsp3) is 0.438. The molecule has 1 aromatic carbocycles. The van der Waals surface area contributed by atoms with Crippen molar-refractivity contribution in [3.05, 3.63) is 29.3 Å². The van der Waals surface area contributed by atoms with E-state index in [4.69, 9.17) is 14.6 Å². The topological polar surface area (TPSA) is 67.8 Å². The van der Waals surface area contributed by atoms with Crippen molar-refractivity contribution in [1.29, 1.82) is 0 Å². The second kappa shape index (κ2) is 7.55. The average molecular weight is 291 g/mol. The molecule has 0 aromatic heterocycles. The number of nitrogens with one attached hydrogen (secondary N) is 1. The molecule has 0 bridgehead atoms. The predicted molar refractivity (Wildman–Crippen MR) is 80.0 cm³/mol. The highest BCUT2D eigenvalue weighted by Crippen LogP contribution is 2.19. The van der Waals surface area contributed by atoms with Crippen molar-refractivity contribution in [3.63, 3.8) is 0 Å². The molecule has 0 saturated heterocycles. The summed E-state index contributed by atoms with van der Waals surface area (Å²) in [7, 11) is 1.54. The maximum atomic E-state index is 11.4. The van der Waals surface area contributed by atoms with Gasteiger partial charge in [-0.15, -0.1) is 0 Å². The lowest BCUT2D eigenvalue weighted by Gasteiger charge is -2.19. The number of amides is 1. The maximum absolute atomic E-state index is 11.4. The van der Waals surface area contributed by atoms with E-state index in [0.29, 0.717) is 11.3 Å². The van der Waals surface area contributed by atoms with Gasteiger partial charge in [-0.2, -0.15) is 0 Å². The molecular weight excluding hydrogens is 270 g/mol. The van der Waals surface area contributed by atoms with Gasteiger partial charge in [0.05, 0.1) is 20.3 Å². The van der Waals surface area contributed by atoms with Crippen LogP contribution in [0.3, 0.4) is 0 Å². The molecule has 1 rings (SSSR count). The van der Waals surface area contributed by atoms with Gasteiger partial charge in [0.15, 0.2) is 0 Å². The molecule has 0 aliphatic rings. The van der Waals surface area contributed by atoms with Gasteiger partial charge in [0.25, 0.3) is 0 Å². The molecule has 0 aliphatic heterocycles. The van der Waals surface area contributed by atoms with Crippen LogP contribution in [-0.4, -0.2) is 30.5 Å². The highest BCUT2D eigenvalue weighted by atomic mass is 16.6. The van der Waals surface area contributed by atoms with Crippen LogP contribution in [0.2, 0.25) is 0 Å². The molecule has 0 saturated carbocycles. The molecule has 114 valence electrons. The molecule has 5 nitrogen and oxygen atoms in total. The lowest BCUT2D eigenvalue weighted by atomic mass is 10.1. The van der Waals surface area contributed by atoms with Crippen LogP contribution in [0.15, 0.2) is 18.2 Å². The number of ether oxygens (including phenoxy) is 2. The number of rotatable bonds is 3. The molecule has 1 aromatic rings. The van der Waals surface area contributed by atoms with Crippen molar-refractivity contribution in [2.24, 2.45) is 0 Å². The first-order valence-electron chi connectivity index (χ1n) is 6.59. The Balaban J connectivity index is 2.57. The van der Waals surface area contributed by atoms with Gasteiger partial charge in [-0.05, 0) is 32.9 Å². The molecule has 2 N–H and O–H groups in total.